The molecule has 0 saturated heterocycles. The maximum atomic E-state index is 11.3. The Kier molecular flexibility index (Phi) is 3.93. The Labute approximate surface area is 115 Å². The third-order valence-electron chi connectivity index (χ3n) is 3.88. The van der Waals surface area contributed by atoms with E-state index in [0.717, 1.165) is 5.69 Å². The molecule has 1 aliphatic carbocycles. The third-order valence-corrected chi connectivity index (χ3v) is 3.88. The summed E-state index contributed by atoms with van der Waals surface area (Å²) in [6.45, 7) is 6.06. The van der Waals surface area contributed by atoms with Gasteiger partial charge in [0.1, 0.15) is 0 Å². The van der Waals surface area contributed by atoms with Crippen molar-refractivity contribution in [1.82, 2.24) is 4.98 Å². The first-order valence-corrected chi connectivity index (χ1v) is 7.14. The van der Waals surface area contributed by atoms with Gasteiger partial charge >= 0.3 is 5.97 Å². The van der Waals surface area contributed by atoms with Crippen LogP contribution in [0, 0.1) is 0 Å². The molecule has 1 fully saturated rings. The van der Waals surface area contributed by atoms with Gasteiger partial charge in [-0.05, 0) is 25.0 Å². The third kappa shape index (κ3) is 3.14. The number of hydrogen-bond acceptors (Lipinski definition) is 2. The summed E-state index contributed by atoms with van der Waals surface area (Å²) in [7, 11) is 0. The van der Waals surface area contributed by atoms with E-state index in [2.05, 4.69) is 0 Å². The summed E-state index contributed by atoms with van der Waals surface area (Å²) in [4.78, 5) is 16.0. The van der Waals surface area contributed by atoms with Gasteiger partial charge in [-0.1, -0.05) is 40.0 Å². The van der Waals surface area contributed by atoms with Crippen LogP contribution < -0.4 is 0 Å². The standard InChI is InChI=1S/C16H23NO2/c1-16(2,3)14-12(15(18)19)9-10-13(17-14)11-7-5-4-6-8-11/h9-11H,4-8H2,1-3H3,(H,18,19). The number of aromatic nitrogens is 1. The van der Waals surface area contributed by atoms with Crippen LogP contribution in [-0.4, -0.2) is 16.1 Å². The minimum absolute atomic E-state index is 0.238. The van der Waals surface area contributed by atoms with Crippen LogP contribution in [0.1, 0.15) is 80.5 Å². The van der Waals surface area contributed by atoms with E-state index in [1.54, 1.807) is 6.07 Å². The van der Waals surface area contributed by atoms with Gasteiger partial charge in [0.25, 0.3) is 0 Å². The van der Waals surface area contributed by atoms with Crippen molar-refractivity contribution >= 4 is 5.97 Å². The zero-order valence-electron chi connectivity index (χ0n) is 12.1. The van der Waals surface area contributed by atoms with Crippen molar-refractivity contribution in [2.24, 2.45) is 0 Å². The molecule has 19 heavy (non-hydrogen) atoms. The molecule has 1 aromatic rings. The molecule has 0 atom stereocenters. The molecule has 1 saturated carbocycles. The molecule has 3 nitrogen and oxygen atoms in total. The molecule has 0 unspecified atom stereocenters. The highest BCUT2D eigenvalue weighted by Gasteiger charge is 2.26. The van der Waals surface area contributed by atoms with Crippen molar-refractivity contribution in [2.45, 2.75) is 64.2 Å². The van der Waals surface area contributed by atoms with E-state index in [1.807, 2.05) is 26.8 Å². The first kappa shape index (κ1) is 14.0. The second-order valence-corrected chi connectivity index (χ2v) is 6.52. The molecule has 1 aromatic heterocycles. The Morgan fingerprint density at radius 2 is 1.84 bits per heavy atom. The van der Waals surface area contributed by atoms with Gasteiger partial charge in [0.05, 0.1) is 11.3 Å². The summed E-state index contributed by atoms with van der Waals surface area (Å²) in [5.41, 5.74) is 1.89. The Hall–Kier alpha value is -1.38. The molecule has 1 aliphatic rings. The zero-order chi connectivity index (χ0) is 14.0. The summed E-state index contributed by atoms with van der Waals surface area (Å²) in [5.74, 6) is -0.370. The van der Waals surface area contributed by atoms with E-state index in [-0.39, 0.29) is 5.41 Å². The normalized spacial score (nSPS) is 17.4. The summed E-state index contributed by atoms with van der Waals surface area (Å²) >= 11 is 0. The summed E-state index contributed by atoms with van der Waals surface area (Å²) in [6, 6.07) is 3.65. The Morgan fingerprint density at radius 3 is 2.37 bits per heavy atom. The lowest BCUT2D eigenvalue weighted by Gasteiger charge is -2.25. The van der Waals surface area contributed by atoms with E-state index in [1.165, 1.54) is 32.1 Å². The second kappa shape index (κ2) is 5.32. The molecular formula is C16H23NO2. The number of carboxylic acids is 1. The van der Waals surface area contributed by atoms with Gasteiger partial charge in [-0.2, -0.15) is 0 Å². The number of aromatic carboxylic acids is 1. The lowest BCUT2D eigenvalue weighted by Crippen LogP contribution is -2.21. The monoisotopic (exact) mass is 261 g/mol. The van der Waals surface area contributed by atoms with Crippen molar-refractivity contribution in [2.75, 3.05) is 0 Å². The Bertz CT molecular complexity index is 468. The number of carboxylic acid groups (broad SMARTS) is 1. The molecule has 2 rings (SSSR count). The van der Waals surface area contributed by atoms with Crippen LogP contribution in [0.15, 0.2) is 12.1 Å². The van der Waals surface area contributed by atoms with Crippen molar-refractivity contribution in [3.8, 4) is 0 Å². The molecule has 1 N–H and O–H groups in total. The topological polar surface area (TPSA) is 50.2 Å². The lowest BCUT2D eigenvalue weighted by molar-refractivity contribution is 0.0693. The highest BCUT2D eigenvalue weighted by molar-refractivity contribution is 5.89. The molecule has 0 radical (unpaired) electrons. The van der Waals surface area contributed by atoms with Crippen molar-refractivity contribution in [3.63, 3.8) is 0 Å². The van der Waals surface area contributed by atoms with E-state index >= 15 is 0 Å². The maximum absolute atomic E-state index is 11.3. The van der Waals surface area contributed by atoms with Crippen molar-refractivity contribution in [3.05, 3.63) is 29.1 Å². The molecule has 1 heterocycles. The summed E-state index contributed by atoms with van der Waals surface area (Å²) in [5, 5.41) is 9.29. The number of pyridine rings is 1. The van der Waals surface area contributed by atoms with E-state index in [9.17, 15) is 9.90 Å². The minimum Gasteiger partial charge on any atom is -0.478 e. The number of hydrogen-bond donors (Lipinski definition) is 1. The number of carbonyl (C=O) groups is 1. The SMILES string of the molecule is CC(C)(C)c1nc(C2CCCCC2)ccc1C(=O)O. The van der Waals surface area contributed by atoms with E-state index < -0.39 is 5.97 Å². The minimum atomic E-state index is -0.882. The molecule has 0 spiro atoms. The van der Waals surface area contributed by atoms with Crippen LogP contribution in [0.25, 0.3) is 0 Å². The van der Waals surface area contributed by atoms with Gasteiger partial charge in [0.2, 0.25) is 0 Å². The van der Waals surface area contributed by atoms with Gasteiger partial charge in [-0.25, -0.2) is 4.79 Å². The lowest BCUT2D eigenvalue weighted by atomic mass is 9.84. The highest BCUT2D eigenvalue weighted by atomic mass is 16.4. The van der Waals surface area contributed by atoms with Gasteiger partial charge in [-0.3, -0.25) is 4.98 Å². The van der Waals surface area contributed by atoms with Gasteiger partial charge in [0, 0.05) is 17.0 Å². The molecule has 0 bridgehead atoms. The van der Waals surface area contributed by atoms with Crippen molar-refractivity contribution in [1.29, 1.82) is 0 Å². The van der Waals surface area contributed by atoms with Crippen molar-refractivity contribution < 1.29 is 9.90 Å². The summed E-state index contributed by atoms with van der Waals surface area (Å²) in [6.07, 6.45) is 6.21. The fourth-order valence-electron chi connectivity index (χ4n) is 2.84. The summed E-state index contributed by atoms with van der Waals surface area (Å²) < 4.78 is 0. The predicted octanol–water partition coefficient (Wildman–Crippen LogP) is 4.13. The van der Waals surface area contributed by atoms with E-state index in [4.69, 9.17) is 4.98 Å². The van der Waals surface area contributed by atoms with Crippen LogP contribution in [0.5, 0.6) is 0 Å². The van der Waals surface area contributed by atoms with Crippen LogP contribution >= 0.6 is 0 Å². The molecule has 0 aromatic carbocycles. The first-order valence-electron chi connectivity index (χ1n) is 7.14. The van der Waals surface area contributed by atoms with Crippen LogP contribution in [0.2, 0.25) is 0 Å². The fourth-order valence-corrected chi connectivity index (χ4v) is 2.84. The maximum Gasteiger partial charge on any atom is 0.337 e. The Morgan fingerprint density at radius 1 is 1.21 bits per heavy atom. The number of rotatable bonds is 2. The molecule has 3 heteroatoms. The Balaban J connectivity index is 2.40. The first-order chi connectivity index (χ1) is 8.89. The average molecular weight is 261 g/mol. The predicted molar refractivity (Wildman–Crippen MR) is 75.7 cm³/mol. The smallest absolute Gasteiger partial charge is 0.337 e. The van der Waals surface area contributed by atoms with Gasteiger partial charge in [0.15, 0.2) is 0 Å². The molecule has 104 valence electrons. The van der Waals surface area contributed by atoms with Gasteiger partial charge < -0.3 is 5.11 Å². The molecular weight excluding hydrogens is 238 g/mol. The fraction of sp³-hybridized carbons (Fsp3) is 0.625. The van der Waals surface area contributed by atoms with Crippen LogP contribution in [0.3, 0.4) is 0 Å². The highest BCUT2D eigenvalue weighted by Crippen LogP contribution is 2.33. The van der Waals surface area contributed by atoms with Gasteiger partial charge in [-0.15, -0.1) is 0 Å². The van der Waals surface area contributed by atoms with Crippen LogP contribution in [0.4, 0.5) is 0 Å². The van der Waals surface area contributed by atoms with E-state index in [0.29, 0.717) is 17.2 Å². The average Bonchev–Trinajstić information content (AvgIpc) is 2.38. The number of nitrogens with zero attached hydrogens (tertiary/aromatic N) is 1. The largest absolute Gasteiger partial charge is 0.478 e. The zero-order valence-corrected chi connectivity index (χ0v) is 12.1. The molecule has 0 amide bonds. The second-order valence-electron chi connectivity index (χ2n) is 6.52. The molecule has 0 aliphatic heterocycles. The van der Waals surface area contributed by atoms with Crippen LogP contribution in [-0.2, 0) is 5.41 Å². The quantitative estimate of drug-likeness (QED) is 0.871.